The summed E-state index contributed by atoms with van der Waals surface area (Å²) in [6.07, 6.45) is 4.64. The second-order valence-electron chi connectivity index (χ2n) is 7.92. The Balaban J connectivity index is 1.47. The van der Waals surface area contributed by atoms with Gasteiger partial charge in [0.2, 0.25) is 0 Å². The van der Waals surface area contributed by atoms with Crippen LogP contribution in [0, 0.1) is 6.92 Å². The highest BCUT2D eigenvalue weighted by Gasteiger charge is 2.29. The van der Waals surface area contributed by atoms with Gasteiger partial charge in [-0.15, -0.1) is 10.2 Å². The van der Waals surface area contributed by atoms with Gasteiger partial charge < -0.3 is 9.47 Å². The Morgan fingerprint density at radius 3 is 2.67 bits per heavy atom. The fraction of sp³-hybridized carbons (Fsp3) is 0.571. The number of nitrogens with zero attached hydrogens (tertiary/aromatic N) is 5. The minimum Gasteiger partial charge on any atom is -0.338 e. The van der Waals surface area contributed by atoms with Crippen molar-refractivity contribution in [1.29, 1.82) is 0 Å². The smallest absolute Gasteiger partial charge is 0.254 e. The number of carbonyl (C=O) groups excluding carboxylic acids is 1. The van der Waals surface area contributed by atoms with Gasteiger partial charge in [-0.05, 0) is 57.3 Å². The van der Waals surface area contributed by atoms with E-state index in [-0.39, 0.29) is 11.8 Å². The number of amides is 1. The van der Waals surface area contributed by atoms with E-state index in [4.69, 9.17) is 0 Å². The summed E-state index contributed by atoms with van der Waals surface area (Å²) in [5.41, 5.74) is 1.85. The van der Waals surface area contributed by atoms with Crippen molar-refractivity contribution in [2.45, 2.75) is 45.1 Å². The van der Waals surface area contributed by atoms with Crippen LogP contribution in [0.4, 0.5) is 0 Å². The van der Waals surface area contributed by atoms with Crippen molar-refractivity contribution < 1.29 is 4.79 Å². The minimum atomic E-state index is 0.136. The van der Waals surface area contributed by atoms with Crippen LogP contribution < -0.4 is 0 Å². The second-order valence-corrected chi connectivity index (χ2v) is 7.92. The summed E-state index contributed by atoms with van der Waals surface area (Å²) in [6, 6.07) is 7.85. The van der Waals surface area contributed by atoms with Crippen LogP contribution >= 0.6 is 0 Å². The van der Waals surface area contributed by atoms with Crippen LogP contribution in [0.3, 0.4) is 0 Å². The molecular weight excluding hydrogens is 338 g/mol. The van der Waals surface area contributed by atoms with E-state index < -0.39 is 0 Å². The number of piperidine rings is 1. The van der Waals surface area contributed by atoms with Crippen molar-refractivity contribution in [2.75, 3.05) is 26.2 Å². The Morgan fingerprint density at radius 1 is 1.11 bits per heavy atom. The molecule has 0 radical (unpaired) electrons. The number of aromatic nitrogens is 3. The molecule has 1 atom stereocenters. The van der Waals surface area contributed by atoms with Crippen LogP contribution in [0.2, 0.25) is 0 Å². The monoisotopic (exact) mass is 367 g/mol. The van der Waals surface area contributed by atoms with Gasteiger partial charge in [-0.25, -0.2) is 0 Å². The second kappa shape index (κ2) is 7.80. The molecule has 2 aliphatic rings. The normalized spacial score (nSPS) is 21.0. The van der Waals surface area contributed by atoms with Crippen molar-refractivity contribution in [1.82, 2.24) is 24.6 Å². The van der Waals surface area contributed by atoms with E-state index in [0.717, 1.165) is 68.3 Å². The Kier molecular flexibility index (Phi) is 5.25. The summed E-state index contributed by atoms with van der Waals surface area (Å²) in [5.74, 6) is 2.45. The molecule has 0 aliphatic carbocycles. The van der Waals surface area contributed by atoms with E-state index in [1.165, 1.54) is 12.8 Å². The summed E-state index contributed by atoms with van der Waals surface area (Å²) < 4.78 is 2.16. The summed E-state index contributed by atoms with van der Waals surface area (Å²) in [6.45, 7) is 6.74. The molecule has 1 amide bonds. The summed E-state index contributed by atoms with van der Waals surface area (Å²) in [4.78, 5) is 17.4. The van der Waals surface area contributed by atoms with Crippen molar-refractivity contribution in [3.05, 3.63) is 47.0 Å². The van der Waals surface area contributed by atoms with E-state index >= 15 is 0 Å². The number of likely N-dealkylation sites (tertiary alicyclic amines) is 2. The van der Waals surface area contributed by atoms with Gasteiger partial charge in [-0.2, -0.15) is 0 Å². The van der Waals surface area contributed by atoms with E-state index in [9.17, 15) is 4.79 Å². The van der Waals surface area contributed by atoms with Crippen molar-refractivity contribution in [3.8, 4) is 0 Å². The van der Waals surface area contributed by atoms with Crippen LogP contribution in [0.15, 0.2) is 24.3 Å². The van der Waals surface area contributed by atoms with Gasteiger partial charge in [0.15, 0.2) is 0 Å². The van der Waals surface area contributed by atoms with Gasteiger partial charge in [0.1, 0.15) is 11.6 Å². The lowest BCUT2D eigenvalue weighted by Crippen LogP contribution is -2.40. The van der Waals surface area contributed by atoms with Gasteiger partial charge in [0, 0.05) is 31.6 Å². The van der Waals surface area contributed by atoms with Crippen LogP contribution in [-0.4, -0.2) is 56.7 Å². The van der Waals surface area contributed by atoms with Gasteiger partial charge in [0.25, 0.3) is 5.91 Å². The third-order valence-electron chi connectivity index (χ3n) is 6.01. The molecule has 2 fully saturated rings. The predicted octanol–water partition coefficient (Wildman–Crippen LogP) is 2.74. The minimum absolute atomic E-state index is 0.136. The van der Waals surface area contributed by atoms with Crippen LogP contribution in [0.25, 0.3) is 0 Å². The molecule has 0 spiro atoms. The highest BCUT2D eigenvalue weighted by atomic mass is 16.2. The van der Waals surface area contributed by atoms with Crippen LogP contribution in [-0.2, 0) is 13.6 Å². The lowest BCUT2D eigenvalue weighted by molar-refractivity contribution is 0.0702. The maximum Gasteiger partial charge on any atom is 0.254 e. The SMILES string of the molecule is Cc1ccccc1C(=O)N1CCC[C@@H](c2nnc(CN3CCCC3)n2C)C1. The number of hydrogen-bond donors (Lipinski definition) is 0. The zero-order valence-corrected chi connectivity index (χ0v) is 16.4. The standard InChI is InChI=1S/C21H29N5O/c1-16-8-3-4-10-18(16)21(27)26-13-7-9-17(14-26)20-23-22-19(24(20)2)15-25-11-5-6-12-25/h3-4,8,10,17H,5-7,9,11-15H2,1-2H3/t17-/m1/s1. The molecule has 0 unspecified atom stereocenters. The zero-order chi connectivity index (χ0) is 18.8. The van der Waals surface area contributed by atoms with Crippen LogP contribution in [0.5, 0.6) is 0 Å². The van der Waals surface area contributed by atoms with Crippen molar-refractivity contribution in [2.24, 2.45) is 7.05 Å². The molecule has 2 saturated heterocycles. The highest BCUT2D eigenvalue weighted by Crippen LogP contribution is 2.27. The molecule has 0 N–H and O–H groups in total. The van der Waals surface area contributed by atoms with Crippen LogP contribution in [0.1, 0.15) is 59.2 Å². The van der Waals surface area contributed by atoms with Gasteiger partial charge in [-0.1, -0.05) is 18.2 Å². The predicted molar refractivity (Wildman–Crippen MR) is 105 cm³/mol. The summed E-state index contributed by atoms with van der Waals surface area (Å²) in [7, 11) is 2.07. The Hall–Kier alpha value is -2.21. The van der Waals surface area contributed by atoms with Crippen molar-refractivity contribution in [3.63, 3.8) is 0 Å². The molecule has 6 heteroatoms. The van der Waals surface area contributed by atoms with Crippen molar-refractivity contribution >= 4 is 5.91 Å². The van der Waals surface area contributed by atoms with E-state index in [1.807, 2.05) is 36.1 Å². The third-order valence-corrected chi connectivity index (χ3v) is 6.01. The molecule has 2 aliphatic heterocycles. The Morgan fingerprint density at radius 2 is 1.89 bits per heavy atom. The molecule has 27 heavy (non-hydrogen) atoms. The average Bonchev–Trinajstić information content (AvgIpc) is 3.32. The van der Waals surface area contributed by atoms with E-state index in [1.54, 1.807) is 0 Å². The average molecular weight is 367 g/mol. The van der Waals surface area contributed by atoms with E-state index in [0.29, 0.717) is 0 Å². The molecule has 0 bridgehead atoms. The number of hydrogen-bond acceptors (Lipinski definition) is 4. The topological polar surface area (TPSA) is 54.3 Å². The van der Waals surface area contributed by atoms with Gasteiger partial charge in [-0.3, -0.25) is 9.69 Å². The first kappa shape index (κ1) is 18.2. The largest absolute Gasteiger partial charge is 0.338 e. The van der Waals surface area contributed by atoms with Gasteiger partial charge in [0.05, 0.1) is 6.54 Å². The Labute approximate surface area is 161 Å². The fourth-order valence-electron chi connectivity index (χ4n) is 4.36. The quantitative estimate of drug-likeness (QED) is 0.834. The first-order chi connectivity index (χ1) is 13.1. The number of benzene rings is 1. The number of aryl methyl sites for hydroxylation is 1. The molecule has 144 valence electrons. The molecule has 0 saturated carbocycles. The lowest BCUT2D eigenvalue weighted by atomic mass is 9.96. The van der Waals surface area contributed by atoms with E-state index in [2.05, 4.69) is 26.7 Å². The molecule has 6 nitrogen and oxygen atoms in total. The third kappa shape index (κ3) is 3.76. The molecule has 2 aromatic rings. The number of rotatable bonds is 4. The first-order valence-electron chi connectivity index (χ1n) is 10.1. The molecular formula is C21H29N5O. The first-order valence-corrected chi connectivity index (χ1v) is 10.1. The zero-order valence-electron chi connectivity index (χ0n) is 16.4. The maximum atomic E-state index is 13.0. The summed E-state index contributed by atoms with van der Waals surface area (Å²) in [5, 5.41) is 8.98. The summed E-state index contributed by atoms with van der Waals surface area (Å²) >= 11 is 0. The highest BCUT2D eigenvalue weighted by molar-refractivity contribution is 5.95. The molecule has 4 rings (SSSR count). The fourth-order valence-corrected chi connectivity index (χ4v) is 4.36. The maximum absolute atomic E-state index is 13.0. The number of carbonyl (C=O) groups is 1. The molecule has 1 aromatic carbocycles. The van der Waals surface area contributed by atoms with Gasteiger partial charge >= 0.3 is 0 Å². The molecule has 1 aromatic heterocycles. The molecule has 3 heterocycles. The Bertz CT molecular complexity index is 809. The lowest BCUT2D eigenvalue weighted by Gasteiger charge is -2.32.